The molecule has 28 heavy (non-hydrogen) atoms. The van der Waals surface area contributed by atoms with Gasteiger partial charge in [-0.3, -0.25) is 0 Å². The third-order valence-electron chi connectivity index (χ3n) is 4.18. The molecule has 1 aliphatic rings. The van der Waals surface area contributed by atoms with Gasteiger partial charge < -0.3 is 14.4 Å². The molecule has 3 heterocycles. The summed E-state index contributed by atoms with van der Waals surface area (Å²) < 4.78 is 63.6. The third-order valence-corrected chi connectivity index (χ3v) is 4.18. The lowest BCUT2D eigenvalue weighted by Gasteiger charge is -2.16. The first-order valence-electron chi connectivity index (χ1n) is 8.44. The molecular weight excluding hydrogens is 380 g/mol. The predicted molar refractivity (Wildman–Crippen MR) is 94.7 cm³/mol. The Morgan fingerprint density at radius 3 is 2.61 bits per heavy atom. The number of fused-ring (bicyclic) bond motifs is 1. The number of hydrogen-bond donors (Lipinski definition) is 0. The van der Waals surface area contributed by atoms with Crippen LogP contribution >= 0.6 is 0 Å². The van der Waals surface area contributed by atoms with E-state index in [0.29, 0.717) is 13.0 Å². The van der Waals surface area contributed by atoms with E-state index in [1.54, 1.807) is 0 Å². The van der Waals surface area contributed by atoms with Crippen LogP contribution < -0.4 is 9.47 Å². The summed E-state index contributed by atoms with van der Waals surface area (Å²) in [5.41, 5.74) is -1.37. The number of pyridine rings is 1. The molecule has 0 aromatic carbocycles. The highest BCUT2D eigenvalue weighted by Gasteiger charge is 2.36. The van der Waals surface area contributed by atoms with E-state index in [1.807, 2.05) is 11.9 Å². The van der Waals surface area contributed by atoms with E-state index < -0.39 is 11.9 Å². The van der Waals surface area contributed by atoms with Crippen LogP contribution in [0.3, 0.4) is 0 Å². The summed E-state index contributed by atoms with van der Waals surface area (Å²) in [6.07, 6.45) is -0.804. The number of aromatic nitrogens is 3. The van der Waals surface area contributed by atoms with Crippen molar-refractivity contribution in [2.24, 2.45) is 0 Å². The normalized spacial score (nSPS) is 18.6. The summed E-state index contributed by atoms with van der Waals surface area (Å²) in [5, 5.41) is 0. The highest BCUT2D eigenvalue weighted by Crippen LogP contribution is 2.35. The lowest BCUT2D eigenvalue weighted by Crippen LogP contribution is -2.22. The molecule has 2 aromatic rings. The van der Waals surface area contributed by atoms with Gasteiger partial charge >= 0.3 is 12.2 Å². The Labute approximate surface area is 158 Å². The molecule has 0 aliphatic carbocycles. The Bertz CT molecular complexity index is 915. The van der Waals surface area contributed by atoms with Gasteiger partial charge in [0, 0.05) is 18.7 Å². The van der Waals surface area contributed by atoms with Crippen LogP contribution in [0.1, 0.15) is 17.7 Å². The van der Waals surface area contributed by atoms with Crippen LogP contribution in [0.5, 0.6) is 11.9 Å². The van der Waals surface area contributed by atoms with E-state index >= 15 is 0 Å². The summed E-state index contributed by atoms with van der Waals surface area (Å²) in [7, 11) is 3.27. The fraction of sp³-hybridized carbons (Fsp3) is 0.389. The molecule has 0 bridgehead atoms. The number of halogens is 4. The average Bonchev–Trinajstić information content (AvgIpc) is 3.05. The molecule has 1 atom stereocenters. The largest absolute Gasteiger partial charge is 0.471 e. The Morgan fingerprint density at radius 2 is 2.00 bits per heavy atom. The fourth-order valence-electron chi connectivity index (χ4n) is 2.91. The Kier molecular flexibility index (Phi) is 5.78. The molecule has 6 nitrogen and oxygen atoms in total. The van der Waals surface area contributed by atoms with Crippen LogP contribution in [0.2, 0.25) is 0 Å². The van der Waals surface area contributed by atoms with Crippen LogP contribution in [0.25, 0.3) is 17.1 Å². The minimum atomic E-state index is -4.72. The van der Waals surface area contributed by atoms with Gasteiger partial charge in [0.2, 0.25) is 5.88 Å². The molecule has 1 unspecified atom stereocenters. The Hall–Kier alpha value is -2.75. The Balaban J connectivity index is 2.14. The average molecular weight is 398 g/mol. The fourth-order valence-corrected chi connectivity index (χ4v) is 2.91. The summed E-state index contributed by atoms with van der Waals surface area (Å²) in [6, 6.07) is 1.15. The summed E-state index contributed by atoms with van der Waals surface area (Å²) in [4.78, 5) is 13.9. The van der Waals surface area contributed by atoms with Crippen LogP contribution in [-0.4, -0.2) is 53.2 Å². The minimum absolute atomic E-state index is 0.0472. The van der Waals surface area contributed by atoms with Crippen LogP contribution in [0, 0.1) is 0 Å². The van der Waals surface area contributed by atoms with Crippen molar-refractivity contribution in [2.75, 3.05) is 27.2 Å². The number of ether oxygens (including phenoxy) is 2. The van der Waals surface area contributed by atoms with Crippen LogP contribution in [0.4, 0.5) is 17.6 Å². The van der Waals surface area contributed by atoms with Gasteiger partial charge in [-0.1, -0.05) is 12.2 Å². The molecule has 1 saturated heterocycles. The van der Waals surface area contributed by atoms with Crippen molar-refractivity contribution in [3.63, 3.8) is 0 Å². The van der Waals surface area contributed by atoms with Gasteiger partial charge in [0.1, 0.15) is 11.6 Å². The zero-order valence-electron chi connectivity index (χ0n) is 15.2. The van der Waals surface area contributed by atoms with Gasteiger partial charge in [0.15, 0.2) is 11.2 Å². The number of alkyl halides is 3. The van der Waals surface area contributed by atoms with Crippen molar-refractivity contribution in [2.45, 2.75) is 18.7 Å². The van der Waals surface area contributed by atoms with E-state index in [9.17, 15) is 17.6 Å². The number of rotatable bonds is 5. The van der Waals surface area contributed by atoms with Gasteiger partial charge in [-0.05, 0) is 25.6 Å². The second-order valence-corrected chi connectivity index (χ2v) is 6.28. The van der Waals surface area contributed by atoms with Crippen molar-refractivity contribution < 1.29 is 27.0 Å². The first kappa shape index (κ1) is 20.0. The highest BCUT2D eigenvalue weighted by molar-refractivity contribution is 5.82. The molecule has 0 radical (unpaired) electrons. The lowest BCUT2D eigenvalue weighted by atomic mass is 10.1. The summed E-state index contributed by atoms with van der Waals surface area (Å²) in [5.74, 6) is -0.0631. The van der Waals surface area contributed by atoms with Gasteiger partial charge in [0.25, 0.3) is 0 Å². The van der Waals surface area contributed by atoms with E-state index in [1.165, 1.54) is 13.2 Å². The molecule has 0 N–H and O–H groups in total. The van der Waals surface area contributed by atoms with Crippen molar-refractivity contribution in [1.82, 2.24) is 19.9 Å². The zero-order chi connectivity index (χ0) is 20.3. The first-order valence-corrected chi connectivity index (χ1v) is 8.44. The maximum Gasteiger partial charge on any atom is 0.433 e. The molecule has 0 amide bonds. The molecule has 150 valence electrons. The van der Waals surface area contributed by atoms with Crippen molar-refractivity contribution >= 4 is 17.1 Å². The third kappa shape index (κ3) is 4.38. The zero-order valence-corrected chi connectivity index (χ0v) is 15.2. The van der Waals surface area contributed by atoms with Crippen molar-refractivity contribution in [3.8, 4) is 11.9 Å². The number of methoxy groups -OCH3 is 1. The molecule has 0 spiro atoms. The molecule has 2 aromatic heterocycles. The number of hydrogen-bond acceptors (Lipinski definition) is 6. The van der Waals surface area contributed by atoms with Gasteiger partial charge in [0.05, 0.1) is 13.4 Å². The van der Waals surface area contributed by atoms with E-state index in [-0.39, 0.29) is 40.9 Å². The van der Waals surface area contributed by atoms with E-state index in [2.05, 4.69) is 15.0 Å². The standard InChI is InChI=1S/C18H18F4N4O2/c1-26-8-6-12(10-26)28-16-14-13(23-17(25-16)27-2)9-11(5-3-4-7-19)15(24-14)18(20,21)22/h3-5,7,9,12H,6,8,10H2,1-2H3/b5-3+,7-4+. The van der Waals surface area contributed by atoms with Crippen molar-refractivity contribution in [3.05, 3.63) is 35.8 Å². The second-order valence-electron chi connectivity index (χ2n) is 6.28. The number of allylic oxidation sites excluding steroid dienone is 2. The number of likely N-dealkylation sites (tertiary alicyclic amines) is 1. The van der Waals surface area contributed by atoms with E-state index in [4.69, 9.17) is 9.47 Å². The molecule has 1 fully saturated rings. The van der Waals surface area contributed by atoms with Crippen LogP contribution in [0.15, 0.2) is 24.5 Å². The van der Waals surface area contributed by atoms with E-state index in [0.717, 1.165) is 24.8 Å². The topological polar surface area (TPSA) is 60.4 Å². The minimum Gasteiger partial charge on any atom is -0.471 e. The second kappa shape index (κ2) is 8.09. The Morgan fingerprint density at radius 1 is 1.21 bits per heavy atom. The van der Waals surface area contributed by atoms with Crippen LogP contribution in [-0.2, 0) is 6.18 Å². The quantitative estimate of drug-likeness (QED) is 0.566. The summed E-state index contributed by atoms with van der Waals surface area (Å²) in [6.45, 7) is 1.43. The molecule has 1 aliphatic heterocycles. The SMILES string of the molecule is COc1nc(OC2CCN(C)C2)c2nc(C(F)(F)F)c(/C=C/C=C/F)cc2n1. The summed E-state index contributed by atoms with van der Waals surface area (Å²) >= 11 is 0. The highest BCUT2D eigenvalue weighted by atomic mass is 19.4. The van der Waals surface area contributed by atoms with Gasteiger partial charge in [-0.2, -0.15) is 23.1 Å². The number of likely N-dealkylation sites (N-methyl/N-ethyl adjacent to an activating group) is 1. The van der Waals surface area contributed by atoms with Gasteiger partial charge in [-0.25, -0.2) is 9.37 Å². The molecule has 3 rings (SSSR count). The predicted octanol–water partition coefficient (Wildman–Crippen LogP) is 3.63. The molecular formula is C18H18F4N4O2. The number of nitrogens with zero attached hydrogens (tertiary/aromatic N) is 4. The molecule has 10 heteroatoms. The maximum absolute atomic E-state index is 13.5. The lowest BCUT2D eigenvalue weighted by molar-refractivity contribution is -0.141. The van der Waals surface area contributed by atoms with Gasteiger partial charge in [-0.15, -0.1) is 0 Å². The first-order chi connectivity index (χ1) is 13.3. The monoisotopic (exact) mass is 398 g/mol. The molecule has 0 saturated carbocycles. The van der Waals surface area contributed by atoms with Crippen molar-refractivity contribution in [1.29, 1.82) is 0 Å². The smallest absolute Gasteiger partial charge is 0.433 e. The maximum atomic E-state index is 13.5.